The highest BCUT2D eigenvalue weighted by atomic mass is 35.5. The molecular formula is C67H68ClF8N15O8. The topological polar surface area (TPSA) is 340 Å². The summed E-state index contributed by atoms with van der Waals surface area (Å²) in [5.74, 6) is 10.5. The molecule has 3 aliphatic heterocycles. The molecule has 12 rings (SSSR count). The summed E-state index contributed by atoms with van der Waals surface area (Å²) in [6.07, 6.45) is -3.59. The van der Waals surface area contributed by atoms with Gasteiger partial charge in [0.25, 0.3) is 35.4 Å². The minimum atomic E-state index is -4.68. The van der Waals surface area contributed by atoms with Gasteiger partial charge in [-0.05, 0) is 144 Å². The number of amides is 6. The second-order valence-electron chi connectivity index (χ2n) is 25.6. The third kappa shape index (κ3) is 14.4. The second-order valence-corrected chi connectivity index (χ2v) is 26.0. The van der Waals surface area contributed by atoms with Gasteiger partial charge in [0.2, 0.25) is 0 Å². The van der Waals surface area contributed by atoms with E-state index in [1.807, 2.05) is 6.92 Å². The lowest BCUT2D eigenvalue weighted by Gasteiger charge is -2.58. The maximum absolute atomic E-state index is 14.5. The van der Waals surface area contributed by atoms with Crippen LogP contribution in [0.5, 0.6) is 11.5 Å². The lowest BCUT2D eigenvalue weighted by atomic mass is 9.60. The zero-order valence-corrected chi connectivity index (χ0v) is 54.7. The van der Waals surface area contributed by atoms with Crippen LogP contribution in [0.1, 0.15) is 134 Å². The Balaban J connectivity index is 0.000000161. The van der Waals surface area contributed by atoms with Crippen LogP contribution in [0.15, 0.2) is 54.6 Å². The summed E-state index contributed by atoms with van der Waals surface area (Å²) in [6.45, 7) is 9.10. The first-order valence-electron chi connectivity index (χ1n) is 31.1. The first-order chi connectivity index (χ1) is 46.7. The van der Waals surface area contributed by atoms with Crippen molar-refractivity contribution in [2.75, 3.05) is 69.7 Å². The monoisotopic (exact) mass is 1400 g/mol. The van der Waals surface area contributed by atoms with Gasteiger partial charge in [0.05, 0.1) is 35.3 Å². The Bertz CT molecular complexity index is 4440. The normalized spacial score (nSPS) is 17.0. The molecule has 3 aliphatic carbocycles. The molecule has 3 aromatic heterocycles. The Morgan fingerprint density at radius 1 is 0.545 bits per heavy atom. The number of primary amides is 3. The van der Waals surface area contributed by atoms with Crippen LogP contribution in [0.3, 0.4) is 0 Å². The van der Waals surface area contributed by atoms with E-state index in [0.717, 1.165) is 49.9 Å². The van der Waals surface area contributed by atoms with E-state index in [1.165, 1.54) is 33.6 Å². The number of rotatable bonds is 14. The molecule has 0 radical (unpaired) electrons. The van der Waals surface area contributed by atoms with Gasteiger partial charge in [-0.3, -0.25) is 28.8 Å². The van der Waals surface area contributed by atoms with E-state index in [2.05, 4.69) is 55.6 Å². The number of nitrogens with two attached hydrogens (primary N) is 6. The van der Waals surface area contributed by atoms with E-state index >= 15 is 0 Å². The van der Waals surface area contributed by atoms with Gasteiger partial charge >= 0.3 is 12.4 Å². The zero-order chi connectivity index (χ0) is 72.0. The molecule has 6 fully saturated rings. The van der Waals surface area contributed by atoms with Crippen molar-refractivity contribution in [3.05, 3.63) is 93.5 Å². The molecular weight excluding hydrogens is 1330 g/mol. The smallest absolute Gasteiger partial charge is 0.422 e. The quantitative estimate of drug-likeness (QED) is 0.0441. The van der Waals surface area contributed by atoms with E-state index in [0.29, 0.717) is 77.1 Å². The minimum absolute atomic E-state index is 0.0000331. The molecule has 6 amide bonds. The molecule has 23 nitrogen and oxygen atoms in total. The lowest BCUT2D eigenvalue weighted by molar-refractivity contribution is -0.154. The molecule has 6 heterocycles. The first kappa shape index (κ1) is 71.3. The van der Waals surface area contributed by atoms with E-state index < -0.39 is 64.7 Å². The number of hydrogen-bond acceptors (Lipinski definition) is 14. The van der Waals surface area contributed by atoms with Crippen LogP contribution in [0, 0.1) is 63.4 Å². The summed E-state index contributed by atoms with van der Waals surface area (Å²) in [6, 6.07) is 10.5. The van der Waals surface area contributed by atoms with Crippen LogP contribution in [0.4, 0.5) is 52.6 Å². The van der Waals surface area contributed by atoms with Crippen LogP contribution in [0.25, 0.3) is 33.8 Å². The molecule has 99 heavy (non-hydrogen) atoms. The van der Waals surface area contributed by atoms with E-state index in [-0.39, 0.29) is 120 Å². The summed E-state index contributed by atoms with van der Waals surface area (Å²) in [5, 5.41) is 12.9. The van der Waals surface area contributed by atoms with Crippen molar-refractivity contribution < 1.29 is 73.4 Å². The second kappa shape index (κ2) is 27.4. The van der Waals surface area contributed by atoms with Gasteiger partial charge in [-0.1, -0.05) is 42.4 Å². The summed E-state index contributed by atoms with van der Waals surface area (Å²) in [7, 11) is 0. The van der Waals surface area contributed by atoms with Gasteiger partial charge in [0, 0.05) is 66.8 Å². The van der Waals surface area contributed by atoms with Crippen LogP contribution in [0.2, 0.25) is 5.02 Å². The number of hydrogen-bond donors (Lipinski definition) is 6. The fourth-order valence-corrected chi connectivity index (χ4v) is 14.2. The predicted octanol–water partition coefficient (Wildman–Crippen LogP) is 8.32. The van der Waals surface area contributed by atoms with E-state index in [1.54, 1.807) is 46.2 Å². The molecule has 12 N–H and O–H groups in total. The number of aromatic nitrogens is 6. The summed E-state index contributed by atoms with van der Waals surface area (Å²) in [5.41, 5.74) is 34.6. The number of nitrogen functional groups attached to an aromatic ring is 3. The summed E-state index contributed by atoms with van der Waals surface area (Å²) >= 11 is 5.70. The largest absolute Gasteiger partial charge is 0.491 e. The van der Waals surface area contributed by atoms with Gasteiger partial charge in [-0.15, -0.1) is 0 Å². The first-order valence-corrected chi connectivity index (χ1v) is 31.5. The van der Waals surface area contributed by atoms with E-state index in [4.69, 9.17) is 50.7 Å². The molecule has 3 saturated heterocycles. The van der Waals surface area contributed by atoms with Gasteiger partial charge in [-0.25, -0.2) is 22.8 Å². The molecule has 3 saturated carbocycles. The highest BCUT2D eigenvalue weighted by Crippen LogP contribution is 2.58. The number of likely N-dealkylation sites (tertiary alicyclic amines) is 3. The third-order valence-corrected chi connectivity index (χ3v) is 18.9. The number of carbonyl (C=O) groups excluding carboxylic acids is 6. The fourth-order valence-electron chi connectivity index (χ4n) is 14.0. The van der Waals surface area contributed by atoms with Crippen LogP contribution < -0.4 is 43.9 Å². The van der Waals surface area contributed by atoms with Crippen molar-refractivity contribution in [2.24, 2.45) is 33.4 Å². The molecule has 6 aromatic rings. The zero-order valence-electron chi connectivity index (χ0n) is 53.9. The Labute approximate surface area is 566 Å². The predicted molar refractivity (Wildman–Crippen MR) is 346 cm³/mol. The number of carbonyl (C=O) groups is 6. The molecule has 0 unspecified atom stereocenters. The van der Waals surface area contributed by atoms with Crippen molar-refractivity contribution >= 4 is 64.5 Å². The molecule has 0 atom stereocenters. The number of nitrogens with zero attached hydrogens (tertiary/aromatic N) is 9. The highest BCUT2D eigenvalue weighted by molar-refractivity contribution is 6.31. The summed E-state index contributed by atoms with van der Waals surface area (Å²) in [4.78, 5) is 77.3. The van der Waals surface area contributed by atoms with Crippen molar-refractivity contribution in [3.63, 3.8) is 0 Å². The standard InChI is InChI=1S/C23H23F4N5O3.C23H26FN5O3.C21H19ClF3N5O2/c1-2-3-17(33)31-7-6-22(11-31)9-14(10-22)32-20(28)18(21(29)34)19(30-32)13-4-5-15(24)16(8-13)35-12-23(25,26)27;1-3-5-18(30)28-12-23(13-28)10-15(11-23)29-21(25)19(22(26)31)20(27-29)14-6-7-17(16(24)9-14)32-8-4-2;1-2-3-15(31)29-9-20(10-29)7-12(8-20)30-18(26)16(19(27)32)17(28-30)11-4-5-14(22)13(6-11)21(23,24)25/h4-5,8,14H,6-7,9-12,28H2,1H3,(H2,29,34);6-7,9,15H,4,8,10-13,25H2,1-2H3,(H2,26,31);4-6,12H,7-10,26H2,1H3,(H2,27,32). The molecule has 6 aliphatic rings. The van der Waals surface area contributed by atoms with Gasteiger partial charge in [0.15, 0.2) is 29.7 Å². The molecule has 0 bridgehead atoms. The van der Waals surface area contributed by atoms with Crippen LogP contribution >= 0.6 is 11.6 Å². The van der Waals surface area contributed by atoms with Crippen molar-refractivity contribution in [1.82, 2.24) is 44.0 Å². The maximum atomic E-state index is 14.5. The molecule has 3 aromatic carbocycles. The van der Waals surface area contributed by atoms with Crippen molar-refractivity contribution in [3.8, 4) is 80.8 Å². The Morgan fingerprint density at radius 2 is 0.939 bits per heavy atom. The third-order valence-electron chi connectivity index (χ3n) is 18.5. The Kier molecular flexibility index (Phi) is 19.8. The lowest BCUT2D eigenvalue weighted by Crippen LogP contribution is -2.63. The number of anilines is 3. The number of ether oxygens (including phenoxy) is 2. The van der Waals surface area contributed by atoms with Gasteiger partial charge in [0.1, 0.15) is 51.2 Å². The molecule has 3 spiro atoms. The average molecular weight is 1400 g/mol. The van der Waals surface area contributed by atoms with Crippen molar-refractivity contribution in [1.29, 1.82) is 0 Å². The van der Waals surface area contributed by atoms with Crippen molar-refractivity contribution in [2.45, 2.75) is 110 Å². The average Bonchev–Trinajstić information content (AvgIpc) is 1.69. The van der Waals surface area contributed by atoms with E-state index in [9.17, 15) is 63.9 Å². The van der Waals surface area contributed by atoms with Crippen LogP contribution in [-0.4, -0.2) is 138 Å². The minimum Gasteiger partial charge on any atom is -0.491 e. The summed E-state index contributed by atoms with van der Waals surface area (Å²) < 4.78 is 120. The Hall–Kier alpha value is -10.5. The number of halogens is 9. The SMILES string of the molecule is CC#CC(=O)N1CC2(CC(n3nc(-c4ccc(Cl)c(C(F)(F)F)c4)c(C(N)=O)c3N)C2)C1.CC#CC(=O)N1CC2(CC(n3nc(-c4ccc(OCCC)c(F)c4)c(C(N)=O)c3N)C2)C1.CC#CC(=O)N1CCC2(CC(n3nc(-c4ccc(F)c(OCC(F)(F)F)c4)c(C(N)=O)c3N)C2)C1. The number of alkyl halides is 6. The molecule has 32 heteroatoms. The fraction of sp³-hybridized carbons (Fsp3) is 0.418. The van der Waals surface area contributed by atoms with Gasteiger partial charge in [-0.2, -0.15) is 41.6 Å². The number of benzene rings is 3. The molecule has 522 valence electrons. The highest BCUT2D eigenvalue weighted by Gasteiger charge is 2.57. The van der Waals surface area contributed by atoms with Gasteiger partial charge < -0.3 is 58.6 Å². The van der Waals surface area contributed by atoms with Crippen LogP contribution in [-0.2, 0) is 20.6 Å². The maximum Gasteiger partial charge on any atom is 0.422 e. The Morgan fingerprint density at radius 3 is 1.34 bits per heavy atom.